The van der Waals surface area contributed by atoms with Gasteiger partial charge in [0, 0.05) is 17.7 Å². The third kappa shape index (κ3) is 4.75. The minimum absolute atomic E-state index is 0.204. The highest BCUT2D eigenvalue weighted by molar-refractivity contribution is 6.41. The third-order valence-corrected chi connectivity index (χ3v) is 5.59. The average Bonchev–Trinajstić information content (AvgIpc) is 2.84. The van der Waals surface area contributed by atoms with Crippen LogP contribution in [0.2, 0.25) is 10.0 Å². The molecule has 0 aliphatic heterocycles. The van der Waals surface area contributed by atoms with Crippen LogP contribution in [-0.2, 0) is 0 Å². The number of halogens is 3. The first-order valence-electron chi connectivity index (χ1n) is 9.87. The number of nitrogens with two attached hydrogens (primary N) is 1. The predicted octanol–water partition coefficient (Wildman–Crippen LogP) is 6.07. The van der Waals surface area contributed by atoms with Crippen LogP contribution < -0.4 is 25.8 Å². The first-order chi connectivity index (χ1) is 16.4. The highest BCUT2D eigenvalue weighted by atomic mass is 35.5. The molecule has 0 spiro atoms. The van der Waals surface area contributed by atoms with Crippen LogP contribution in [0.15, 0.2) is 55.0 Å². The Kier molecular flexibility index (Phi) is 6.85. The van der Waals surface area contributed by atoms with Gasteiger partial charge in [-0.15, -0.1) is 0 Å². The van der Waals surface area contributed by atoms with E-state index in [4.69, 9.17) is 38.4 Å². The van der Waals surface area contributed by atoms with Crippen LogP contribution in [0.3, 0.4) is 0 Å². The van der Waals surface area contributed by atoms with E-state index in [0.717, 1.165) is 6.20 Å². The number of nitrogen functional groups attached to an aromatic ring is 1. The summed E-state index contributed by atoms with van der Waals surface area (Å²) in [4.78, 5) is 12.7. The summed E-state index contributed by atoms with van der Waals surface area (Å²) in [5.41, 5.74) is 8.24. The van der Waals surface area contributed by atoms with E-state index < -0.39 is 5.82 Å². The number of anilines is 5. The number of ether oxygens (including phenoxy) is 2. The van der Waals surface area contributed by atoms with Gasteiger partial charge < -0.3 is 25.8 Å². The molecule has 4 aromatic rings. The van der Waals surface area contributed by atoms with Gasteiger partial charge in [0.1, 0.15) is 45.3 Å². The Labute approximate surface area is 204 Å². The number of pyridine rings is 1. The van der Waals surface area contributed by atoms with Gasteiger partial charge in [-0.2, -0.15) is 0 Å². The maximum absolute atomic E-state index is 14.2. The Hall–Kier alpha value is -3.82. The number of aromatic nitrogens is 3. The van der Waals surface area contributed by atoms with Gasteiger partial charge in [-0.3, -0.25) is 0 Å². The van der Waals surface area contributed by atoms with Crippen molar-refractivity contribution in [2.45, 2.75) is 0 Å². The lowest BCUT2D eigenvalue weighted by Gasteiger charge is -2.17. The molecule has 4 N–H and O–H groups in total. The highest BCUT2D eigenvalue weighted by Gasteiger charge is 2.20. The summed E-state index contributed by atoms with van der Waals surface area (Å²) < 4.78 is 24.8. The average molecular weight is 501 g/mol. The molecule has 2 aromatic heterocycles. The Morgan fingerprint density at radius 1 is 0.912 bits per heavy atom. The summed E-state index contributed by atoms with van der Waals surface area (Å²) in [5, 5.41) is 6.60. The smallest absolute Gasteiger partial charge is 0.143 e. The fourth-order valence-electron chi connectivity index (χ4n) is 3.17. The van der Waals surface area contributed by atoms with E-state index in [1.54, 1.807) is 18.2 Å². The van der Waals surface area contributed by atoms with Crippen LogP contribution in [0, 0.1) is 5.82 Å². The fourth-order valence-corrected chi connectivity index (χ4v) is 3.76. The van der Waals surface area contributed by atoms with Gasteiger partial charge >= 0.3 is 0 Å². The second kappa shape index (κ2) is 9.98. The van der Waals surface area contributed by atoms with Crippen molar-refractivity contribution in [2.75, 3.05) is 30.6 Å². The summed E-state index contributed by atoms with van der Waals surface area (Å²) in [6.07, 6.45) is 2.41. The molecule has 34 heavy (non-hydrogen) atoms. The van der Waals surface area contributed by atoms with E-state index >= 15 is 0 Å². The number of benzene rings is 2. The van der Waals surface area contributed by atoms with E-state index in [9.17, 15) is 4.39 Å². The van der Waals surface area contributed by atoms with Crippen LogP contribution in [0.4, 0.5) is 33.1 Å². The molecule has 0 unspecified atom stereocenters. The highest BCUT2D eigenvalue weighted by Crippen LogP contribution is 2.45. The Morgan fingerprint density at radius 2 is 1.62 bits per heavy atom. The van der Waals surface area contributed by atoms with Crippen LogP contribution in [0.1, 0.15) is 0 Å². The summed E-state index contributed by atoms with van der Waals surface area (Å²) in [5.74, 6) is 0.828. The SMILES string of the molecule is COc1cc(OC)c(Cl)c(Nc2ncc(F)cc2-c2cc(Nc3ccccc3N)ncn2)c1Cl. The lowest BCUT2D eigenvalue weighted by Crippen LogP contribution is -2.03. The minimum Gasteiger partial charge on any atom is -0.495 e. The van der Waals surface area contributed by atoms with E-state index in [1.165, 1.54) is 26.6 Å². The van der Waals surface area contributed by atoms with Crippen molar-refractivity contribution < 1.29 is 13.9 Å². The number of nitrogens with one attached hydrogen (secondary N) is 2. The van der Waals surface area contributed by atoms with Gasteiger partial charge in [0.05, 0.1) is 43.2 Å². The molecule has 0 fully saturated rings. The molecular weight excluding hydrogens is 482 g/mol. The summed E-state index contributed by atoms with van der Waals surface area (Å²) in [7, 11) is 2.93. The first kappa shape index (κ1) is 23.3. The third-order valence-electron chi connectivity index (χ3n) is 4.84. The van der Waals surface area contributed by atoms with Crippen molar-refractivity contribution in [1.82, 2.24) is 15.0 Å². The van der Waals surface area contributed by atoms with Crippen molar-refractivity contribution in [3.63, 3.8) is 0 Å². The number of hydrogen-bond donors (Lipinski definition) is 3. The molecule has 0 aliphatic carbocycles. The molecule has 0 amide bonds. The van der Waals surface area contributed by atoms with Gasteiger partial charge in [-0.05, 0) is 18.2 Å². The minimum atomic E-state index is -0.554. The number of nitrogens with zero attached hydrogens (tertiary/aromatic N) is 3. The number of hydrogen-bond acceptors (Lipinski definition) is 8. The molecule has 0 bridgehead atoms. The van der Waals surface area contributed by atoms with Crippen LogP contribution >= 0.6 is 23.2 Å². The van der Waals surface area contributed by atoms with Gasteiger partial charge in [-0.1, -0.05) is 35.3 Å². The molecule has 0 aliphatic rings. The number of para-hydroxylation sites is 2. The zero-order valence-electron chi connectivity index (χ0n) is 18.1. The van der Waals surface area contributed by atoms with E-state index in [-0.39, 0.29) is 21.6 Å². The van der Waals surface area contributed by atoms with Gasteiger partial charge in [0.2, 0.25) is 0 Å². The van der Waals surface area contributed by atoms with Gasteiger partial charge in [0.15, 0.2) is 0 Å². The Bertz CT molecular complexity index is 1330. The topological polar surface area (TPSA) is 107 Å². The Morgan fingerprint density at radius 3 is 2.29 bits per heavy atom. The monoisotopic (exact) mass is 500 g/mol. The zero-order valence-corrected chi connectivity index (χ0v) is 19.6. The molecule has 2 heterocycles. The number of rotatable bonds is 7. The Balaban J connectivity index is 1.76. The summed E-state index contributed by atoms with van der Waals surface area (Å²) in [6.45, 7) is 0. The van der Waals surface area contributed by atoms with Crippen molar-refractivity contribution >= 4 is 51.9 Å². The van der Waals surface area contributed by atoms with Crippen LogP contribution in [0.25, 0.3) is 11.3 Å². The van der Waals surface area contributed by atoms with Crippen LogP contribution in [-0.4, -0.2) is 29.2 Å². The molecule has 2 aromatic carbocycles. The standard InChI is InChI=1S/C23H19Cl2FN6O2/c1-33-17-9-18(34-2)21(25)22(20(17)24)32-23-13(7-12(26)10-28-23)16-8-19(30-11-29-16)31-15-6-4-3-5-14(15)27/h3-11H,27H2,1-2H3,(H,28,32)(H,29,30,31). The largest absolute Gasteiger partial charge is 0.495 e. The molecule has 174 valence electrons. The molecule has 0 saturated carbocycles. The summed E-state index contributed by atoms with van der Waals surface area (Å²) >= 11 is 13.0. The molecule has 4 rings (SSSR count). The normalized spacial score (nSPS) is 10.6. The predicted molar refractivity (Wildman–Crippen MR) is 132 cm³/mol. The summed E-state index contributed by atoms with van der Waals surface area (Å²) in [6, 6.07) is 11.7. The van der Waals surface area contributed by atoms with Crippen LogP contribution in [0.5, 0.6) is 11.5 Å². The van der Waals surface area contributed by atoms with E-state index in [0.29, 0.717) is 39.9 Å². The van der Waals surface area contributed by atoms with E-state index in [1.807, 2.05) is 18.2 Å². The number of methoxy groups -OCH3 is 2. The van der Waals surface area contributed by atoms with Gasteiger partial charge in [-0.25, -0.2) is 19.3 Å². The van der Waals surface area contributed by atoms with E-state index in [2.05, 4.69) is 25.6 Å². The maximum atomic E-state index is 14.2. The fraction of sp³-hybridized carbons (Fsp3) is 0.0870. The molecular formula is C23H19Cl2FN6O2. The molecule has 0 atom stereocenters. The molecule has 0 radical (unpaired) electrons. The molecule has 8 nitrogen and oxygen atoms in total. The maximum Gasteiger partial charge on any atom is 0.143 e. The van der Waals surface area contributed by atoms with Crippen molar-refractivity contribution in [2.24, 2.45) is 0 Å². The van der Waals surface area contributed by atoms with Crippen molar-refractivity contribution in [3.8, 4) is 22.8 Å². The second-order valence-corrected chi connectivity index (χ2v) is 7.72. The van der Waals surface area contributed by atoms with Crippen molar-refractivity contribution in [1.29, 1.82) is 0 Å². The van der Waals surface area contributed by atoms with Gasteiger partial charge in [0.25, 0.3) is 0 Å². The first-order valence-corrected chi connectivity index (χ1v) is 10.6. The van der Waals surface area contributed by atoms with Crippen molar-refractivity contribution in [3.05, 3.63) is 70.9 Å². The zero-order chi connectivity index (χ0) is 24.2. The molecule has 0 saturated heterocycles. The quantitative estimate of drug-likeness (QED) is 0.262. The second-order valence-electron chi connectivity index (χ2n) is 6.96. The lowest BCUT2D eigenvalue weighted by atomic mass is 10.1. The lowest BCUT2D eigenvalue weighted by molar-refractivity contribution is 0.395. The molecule has 11 heteroatoms.